The van der Waals surface area contributed by atoms with Crippen LogP contribution in [0, 0.1) is 0 Å². The van der Waals surface area contributed by atoms with Crippen LogP contribution in [0.1, 0.15) is 19.8 Å². The van der Waals surface area contributed by atoms with Crippen molar-refractivity contribution in [1.82, 2.24) is 0 Å². The van der Waals surface area contributed by atoms with Gasteiger partial charge in [0.25, 0.3) is 0 Å². The highest BCUT2D eigenvalue weighted by molar-refractivity contribution is 7.99. The molecule has 0 aliphatic heterocycles. The summed E-state index contributed by atoms with van der Waals surface area (Å²) in [5.41, 5.74) is 5.63. The monoisotopic (exact) mass is 235 g/mol. The van der Waals surface area contributed by atoms with Crippen LogP contribution in [0.25, 0.3) is 0 Å². The number of rotatable bonds is 9. The Morgan fingerprint density at radius 2 is 2.20 bits per heavy atom. The maximum atomic E-state index is 11.1. The summed E-state index contributed by atoms with van der Waals surface area (Å²) in [6.45, 7) is 2.97. The third kappa shape index (κ3) is 8.72. The van der Waals surface area contributed by atoms with Crippen LogP contribution >= 0.6 is 11.8 Å². The van der Waals surface area contributed by atoms with E-state index in [1.165, 1.54) is 0 Å². The van der Waals surface area contributed by atoms with Crippen molar-refractivity contribution in [3.63, 3.8) is 0 Å². The quantitative estimate of drug-likeness (QED) is 0.478. The predicted molar refractivity (Wildman–Crippen MR) is 63.0 cm³/mol. The highest BCUT2D eigenvalue weighted by atomic mass is 32.2. The molecule has 0 radical (unpaired) electrons. The van der Waals surface area contributed by atoms with E-state index in [0.717, 1.165) is 24.5 Å². The number of hydrogen-bond donors (Lipinski definition) is 1. The highest BCUT2D eigenvalue weighted by Gasteiger charge is 2.13. The molecule has 0 aromatic carbocycles. The largest absolute Gasteiger partial charge is 0.465 e. The van der Waals surface area contributed by atoms with E-state index in [9.17, 15) is 4.79 Å². The molecular formula is C10H21NO3S. The summed E-state index contributed by atoms with van der Waals surface area (Å²) in [4.78, 5) is 11.1. The van der Waals surface area contributed by atoms with Gasteiger partial charge in [-0.1, -0.05) is 0 Å². The van der Waals surface area contributed by atoms with Gasteiger partial charge in [-0.15, -0.1) is 0 Å². The number of carbonyl (C=O) groups is 1. The van der Waals surface area contributed by atoms with Crippen LogP contribution in [-0.4, -0.2) is 43.8 Å². The summed E-state index contributed by atoms with van der Waals surface area (Å²) in [6.07, 6.45) is 1.71. The fourth-order valence-electron chi connectivity index (χ4n) is 0.985. The summed E-state index contributed by atoms with van der Waals surface area (Å²) < 4.78 is 9.73. The van der Waals surface area contributed by atoms with Crippen LogP contribution in [-0.2, 0) is 14.3 Å². The maximum Gasteiger partial charge on any atom is 0.322 e. The summed E-state index contributed by atoms with van der Waals surface area (Å²) in [5, 5.41) is 0. The Kier molecular flexibility index (Phi) is 10.1. The second-order valence-corrected chi connectivity index (χ2v) is 4.33. The molecule has 0 bridgehead atoms. The van der Waals surface area contributed by atoms with Crippen molar-refractivity contribution in [2.75, 3.05) is 31.8 Å². The first-order valence-corrected chi connectivity index (χ1v) is 6.36. The Morgan fingerprint density at radius 3 is 2.80 bits per heavy atom. The fraction of sp³-hybridized carbons (Fsp3) is 0.900. The van der Waals surface area contributed by atoms with Crippen LogP contribution in [0.4, 0.5) is 0 Å². The Morgan fingerprint density at radius 1 is 1.47 bits per heavy atom. The molecule has 15 heavy (non-hydrogen) atoms. The number of hydrogen-bond acceptors (Lipinski definition) is 5. The first kappa shape index (κ1) is 14.7. The van der Waals surface area contributed by atoms with Crippen molar-refractivity contribution in [3.05, 3.63) is 0 Å². The molecule has 0 amide bonds. The van der Waals surface area contributed by atoms with Crippen molar-refractivity contribution in [2.24, 2.45) is 5.73 Å². The van der Waals surface area contributed by atoms with E-state index < -0.39 is 6.04 Å². The molecule has 0 aliphatic carbocycles. The first-order valence-electron chi connectivity index (χ1n) is 5.21. The highest BCUT2D eigenvalue weighted by Crippen LogP contribution is 2.06. The van der Waals surface area contributed by atoms with Crippen LogP contribution in [0.2, 0.25) is 0 Å². The zero-order valence-corrected chi connectivity index (χ0v) is 10.3. The smallest absolute Gasteiger partial charge is 0.322 e. The molecule has 1 unspecified atom stereocenters. The zero-order valence-electron chi connectivity index (χ0n) is 9.53. The van der Waals surface area contributed by atoms with Gasteiger partial charge < -0.3 is 15.2 Å². The molecule has 0 spiro atoms. The lowest BCUT2D eigenvalue weighted by Gasteiger charge is -2.09. The van der Waals surface area contributed by atoms with Crippen molar-refractivity contribution < 1.29 is 14.3 Å². The van der Waals surface area contributed by atoms with Crippen LogP contribution in [0.3, 0.4) is 0 Å². The van der Waals surface area contributed by atoms with Gasteiger partial charge in [0.2, 0.25) is 0 Å². The molecule has 1 atom stereocenters. The van der Waals surface area contributed by atoms with Crippen molar-refractivity contribution in [2.45, 2.75) is 25.8 Å². The van der Waals surface area contributed by atoms with Gasteiger partial charge in [0, 0.05) is 13.7 Å². The first-order chi connectivity index (χ1) is 7.22. The van der Waals surface area contributed by atoms with Gasteiger partial charge in [-0.2, -0.15) is 11.8 Å². The Balaban J connectivity index is 3.30. The number of methoxy groups -OCH3 is 1. The van der Waals surface area contributed by atoms with E-state index in [1.54, 1.807) is 25.8 Å². The molecule has 0 aliphatic rings. The van der Waals surface area contributed by atoms with E-state index >= 15 is 0 Å². The third-order valence-electron chi connectivity index (χ3n) is 1.80. The zero-order chi connectivity index (χ0) is 11.5. The lowest BCUT2D eigenvalue weighted by atomic mass is 10.2. The van der Waals surface area contributed by atoms with E-state index in [4.69, 9.17) is 15.2 Å². The molecule has 0 aromatic rings. The minimum atomic E-state index is -0.472. The number of nitrogens with two attached hydrogens (primary N) is 1. The lowest BCUT2D eigenvalue weighted by Crippen LogP contribution is -2.32. The molecule has 5 heteroatoms. The minimum absolute atomic E-state index is 0.296. The van der Waals surface area contributed by atoms with E-state index in [2.05, 4.69) is 0 Å². The van der Waals surface area contributed by atoms with Crippen molar-refractivity contribution >= 4 is 17.7 Å². The van der Waals surface area contributed by atoms with E-state index in [0.29, 0.717) is 13.0 Å². The molecule has 0 aromatic heterocycles. The second kappa shape index (κ2) is 10.3. The van der Waals surface area contributed by atoms with Gasteiger partial charge in [-0.3, -0.25) is 4.79 Å². The minimum Gasteiger partial charge on any atom is -0.465 e. The van der Waals surface area contributed by atoms with Crippen LogP contribution < -0.4 is 5.73 Å². The van der Waals surface area contributed by atoms with Crippen LogP contribution in [0.5, 0.6) is 0 Å². The average Bonchev–Trinajstić information content (AvgIpc) is 2.23. The van der Waals surface area contributed by atoms with Gasteiger partial charge >= 0.3 is 5.97 Å². The van der Waals surface area contributed by atoms with E-state index in [1.807, 2.05) is 0 Å². The molecule has 2 N–H and O–H groups in total. The number of carbonyl (C=O) groups excluding carboxylic acids is 1. The molecule has 0 rings (SSSR count). The molecule has 0 saturated heterocycles. The molecule has 0 saturated carbocycles. The summed E-state index contributed by atoms with van der Waals surface area (Å²) in [6, 6.07) is -0.472. The van der Waals surface area contributed by atoms with Crippen molar-refractivity contribution in [1.29, 1.82) is 0 Å². The molecule has 0 fully saturated rings. The van der Waals surface area contributed by atoms with Gasteiger partial charge in [-0.05, 0) is 31.3 Å². The molecule has 90 valence electrons. The number of thioether (sulfide) groups is 1. The molecule has 4 nitrogen and oxygen atoms in total. The van der Waals surface area contributed by atoms with Gasteiger partial charge in [0.15, 0.2) is 0 Å². The summed E-state index contributed by atoms with van der Waals surface area (Å²) in [7, 11) is 1.70. The SMILES string of the molecule is CCOC(=O)C(N)CCSCCCOC. The normalized spacial score (nSPS) is 12.5. The summed E-state index contributed by atoms with van der Waals surface area (Å²) in [5.74, 6) is 1.64. The van der Waals surface area contributed by atoms with Crippen molar-refractivity contribution in [3.8, 4) is 0 Å². The topological polar surface area (TPSA) is 61.5 Å². The Hall–Kier alpha value is -0.260. The molecule has 0 heterocycles. The van der Waals surface area contributed by atoms with Gasteiger partial charge in [0.1, 0.15) is 6.04 Å². The Bertz CT molecular complexity index is 167. The number of ether oxygens (including phenoxy) is 2. The second-order valence-electron chi connectivity index (χ2n) is 3.11. The van der Waals surface area contributed by atoms with E-state index in [-0.39, 0.29) is 5.97 Å². The fourth-order valence-corrected chi connectivity index (χ4v) is 1.93. The third-order valence-corrected chi connectivity index (χ3v) is 2.90. The standard InChI is InChI=1S/C10H21NO3S/c1-3-14-10(12)9(11)5-8-15-7-4-6-13-2/h9H,3-8,11H2,1-2H3. The number of esters is 1. The van der Waals surface area contributed by atoms with Crippen LogP contribution in [0.15, 0.2) is 0 Å². The summed E-state index contributed by atoms with van der Waals surface area (Å²) >= 11 is 1.79. The Labute approximate surface area is 95.9 Å². The lowest BCUT2D eigenvalue weighted by molar-refractivity contribution is -0.144. The average molecular weight is 235 g/mol. The van der Waals surface area contributed by atoms with Gasteiger partial charge in [0.05, 0.1) is 6.61 Å². The molecular weight excluding hydrogens is 214 g/mol. The predicted octanol–water partition coefficient (Wildman–Crippen LogP) is 1.04. The van der Waals surface area contributed by atoms with Gasteiger partial charge in [-0.25, -0.2) is 0 Å². The maximum absolute atomic E-state index is 11.1.